The molecule has 0 saturated carbocycles. The van der Waals surface area contributed by atoms with Crippen LogP contribution in [-0.2, 0) is 0 Å². The van der Waals surface area contributed by atoms with E-state index in [1.165, 1.54) is 0 Å². The van der Waals surface area contributed by atoms with E-state index in [0.29, 0.717) is 27.8 Å². The Balaban J connectivity index is 1.19. The van der Waals surface area contributed by atoms with E-state index in [2.05, 4.69) is 161 Å². The number of nitrogens with zero attached hydrogens (tertiary/aromatic N) is 4. The van der Waals surface area contributed by atoms with Crippen LogP contribution in [-0.4, -0.2) is 18.7 Å². The van der Waals surface area contributed by atoms with Gasteiger partial charge in [-0.25, -0.2) is 4.98 Å². The number of benzene rings is 9. The first kappa shape index (κ1) is 31.2. The van der Waals surface area contributed by atoms with Crippen LogP contribution in [0.25, 0.3) is 127 Å². The first-order valence-corrected chi connectivity index (χ1v) is 21.5. The highest BCUT2D eigenvalue weighted by molar-refractivity contribution is 6.14. The predicted molar refractivity (Wildman–Crippen MR) is 265 cm³/mol. The Bertz CT molecular complexity index is 4350. The van der Waals surface area contributed by atoms with Crippen LogP contribution in [0.3, 0.4) is 0 Å². The molecule has 0 radical (unpaired) electrons. The van der Waals surface area contributed by atoms with Gasteiger partial charge in [0.2, 0.25) is 0 Å². The monoisotopic (exact) mass is 820 g/mol. The standard InChI is InChI=1S/C59H36N4O/c1-8-27-49-38(17-1)39-18-2-9-28-50(39)61(49)37-35-48(60-57(36-37)63-53-31-12-5-21-42(53)43-22-6-13-32-54(43)63)58-45(47-26-15-25-46-44-23-7-14-34-56(44)64-59(46)47)24-16-33-55(58)62-51-29-10-3-19-40(51)41-20-4-11-30-52(41)62/h1-36H/i5D,12D,21D,31D. The molecule has 0 aliphatic heterocycles. The number of rotatable bonds is 5. The summed E-state index contributed by atoms with van der Waals surface area (Å²) < 4.78 is 49.7. The van der Waals surface area contributed by atoms with Gasteiger partial charge >= 0.3 is 0 Å². The zero-order valence-electron chi connectivity index (χ0n) is 38.2. The SMILES string of the molecule is [2H]c1c([2H])c([2H])c2c(c1[2H])c1ccccc1n2-c1cc(-n2c3ccccc3c3ccccc32)cc(-c2c(-c3cccc4c3oc3ccccc34)cccc2-n2c3ccccc3c3ccccc32)n1. The van der Waals surface area contributed by atoms with Gasteiger partial charge in [-0.05, 0) is 60.1 Å². The highest BCUT2D eigenvalue weighted by Gasteiger charge is 2.25. The molecule has 5 aromatic heterocycles. The van der Waals surface area contributed by atoms with Gasteiger partial charge in [0.05, 0.1) is 55.7 Å². The van der Waals surface area contributed by atoms with Crippen molar-refractivity contribution in [3.63, 3.8) is 0 Å². The largest absolute Gasteiger partial charge is 0.455 e. The fourth-order valence-corrected chi connectivity index (χ4v) is 10.3. The van der Waals surface area contributed by atoms with E-state index < -0.39 is 0 Å². The molecule has 5 nitrogen and oxygen atoms in total. The number of hydrogen-bond acceptors (Lipinski definition) is 2. The molecule has 0 aliphatic carbocycles. The maximum atomic E-state index is 9.47. The molecule has 14 rings (SSSR count). The van der Waals surface area contributed by atoms with Crippen molar-refractivity contribution >= 4 is 87.4 Å². The fourth-order valence-electron chi connectivity index (χ4n) is 10.3. The van der Waals surface area contributed by atoms with Crippen LogP contribution in [0.1, 0.15) is 5.48 Å². The highest BCUT2D eigenvalue weighted by atomic mass is 16.3. The van der Waals surface area contributed by atoms with E-state index in [1.54, 1.807) is 0 Å². The Hall–Kier alpha value is -8.67. The van der Waals surface area contributed by atoms with Crippen LogP contribution in [0.4, 0.5) is 0 Å². The van der Waals surface area contributed by atoms with Crippen molar-refractivity contribution < 1.29 is 9.90 Å². The van der Waals surface area contributed by atoms with Crippen LogP contribution in [0, 0.1) is 0 Å². The van der Waals surface area contributed by atoms with E-state index in [1.807, 2.05) is 47.0 Å². The lowest BCUT2D eigenvalue weighted by molar-refractivity contribution is 0.670. The van der Waals surface area contributed by atoms with Crippen molar-refractivity contribution in [2.45, 2.75) is 0 Å². The number of pyridine rings is 1. The third-order valence-electron chi connectivity index (χ3n) is 13.0. The molecule has 0 aliphatic rings. The van der Waals surface area contributed by atoms with Gasteiger partial charge in [0.15, 0.2) is 0 Å². The minimum absolute atomic E-state index is 0.0901. The van der Waals surface area contributed by atoms with Gasteiger partial charge in [0.25, 0.3) is 0 Å². The Labute approximate surface area is 372 Å². The zero-order valence-corrected chi connectivity index (χ0v) is 34.2. The third kappa shape index (κ3) is 4.92. The minimum atomic E-state index is -0.303. The summed E-state index contributed by atoms with van der Waals surface area (Å²) in [5, 5.41) is 7.68. The predicted octanol–water partition coefficient (Wildman–Crippen LogP) is 15.6. The van der Waals surface area contributed by atoms with Crippen molar-refractivity contribution in [2.75, 3.05) is 0 Å². The maximum Gasteiger partial charge on any atom is 0.143 e. The van der Waals surface area contributed by atoms with Gasteiger partial charge in [0.1, 0.15) is 17.0 Å². The second-order valence-electron chi connectivity index (χ2n) is 16.4. The van der Waals surface area contributed by atoms with Crippen LogP contribution in [0.15, 0.2) is 223 Å². The van der Waals surface area contributed by atoms with Crippen LogP contribution in [0.2, 0.25) is 0 Å². The molecule has 0 bridgehead atoms. The van der Waals surface area contributed by atoms with Crippen molar-refractivity contribution in [1.82, 2.24) is 18.7 Å². The van der Waals surface area contributed by atoms with Gasteiger partial charge in [-0.2, -0.15) is 0 Å². The molecule has 0 saturated heterocycles. The Morgan fingerprint density at radius 1 is 0.391 bits per heavy atom. The van der Waals surface area contributed by atoms with Crippen LogP contribution in [0.5, 0.6) is 0 Å². The lowest BCUT2D eigenvalue weighted by Gasteiger charge is -2.20. The topological polar surface area (TPSA) is 40.8 Å². The summed E-state index contributed by atoms with van der Waals surface area (Å²) in [6, 6.07) is 66.0. The molecule has 0 amide bonds. The average Bonchev–Trinajstić information content (AvgIpc) is 4.14. The quantitative estimate of drug-likeness (QED) is 0.174. The Morgan fingerprint density at radius 2 is 0.891 bits per heavy atom. The molecule has 9 aromatic carbocycles. The van der Waals surface area contributed by atoms with E-state index >= 15 is 0 Å². The van der Waals surface area contributed by atoms with E-state index in [-0.39, 0.29) is 24.2 Å². The summed E-state index contributed by atoms with van der Waals surface area (Å²) in [6.07, 6.45) is 0. The number of aromatic nitrogens is 4. The number of para-hydroxylation sites is 8. The van der Waals surface area contributed by atoms with Gasteiger partial charge < -0.3 is 13.6 Å². The summed E-state index contributed by atoms with van der Waals surface area (Å²) in [4.78, 5) is 5.73. The summed E-state index contributed by atoms with van der Waals surface area (Å²) in [5.74, 6) is 0.500. The van der Waals surface area contributed by atoms with Crippen molar-refractivity contribution in [1.29, 1.82) is 0 Å². The molecule has 0 unspecified atom stereocenters. The first-order valence-electron chi connectivity index (χ1n) is 23.5. The van der Waals surface area contributed by atoms with Crippen molar-refractivity contribution in [3.05, 3.63) is 218 Å². The second kappa shape index (κ2) is 13.4. The zero-order chi connectivity index (χ0) is 45.4. The molecule has 0 spiro atoms. The molecule has 298 valence electrons. The second-order valence-corrected chi connectivity index (χ2v) is 16.4. The van der Waals surface area contributed by atoms with Gasteiger partial charge in [-0.3, -0.25) is 4.57 Å². The summed E-state index contributed by atoms with van der Waals surface area (Å²) in [5.41, 5.74) is 11.9. The number of fused-ring (bicyclic) bond motifs is 12. The van der Waals surface area contributed by atoms with E-state index in [4.69, 9.17) is 12.1 Å². The molecular weight excluding hydrogens is 781 g/mol. The molecule has 5 heteroatoms. The molecule has 5 heterocycles. The maximum absolute atomic E-state index is 9.47. The van der Waals surface area contributed by atoms with Crippen LogP contribution >= 0.6 is 0 Å². The molecular formula is C59H36N4O. The lowest BCUT2D eigenvalue weighted by atomic mass is 9.93. The molecule has 14 aromatic rings. The Morgan fingerprint density at radius 3 is 1.55 bits per heavy atom. The summed E-state index contributed by atoms with van der Waals surface area (Å²) in [7, 11) is 0. The lowest BCUT2D eigenvalue weighted by Crippen LogP contribution is -2.06. The summed E-state index contributed by atoms with van der Waals surface area (Å²) >= 11 is 0. The van der Waals surface area contributed by atoms with Gasteiger partial charge in [-0.15, -0.1) is 0 Å². The highest BCUT2D eigenvalue weighted by Crippen LogP contribution is 2.45. The number of furan rings is 1. The van der Waals surface area contributed by atoms with E-state index in [0.717, 1.165) is 99.1 Å². The molecule has 0 fully saturated rings. The van der Waals surface area contributed by atoms with Gasteiger partial charge in [0, 0.05) is 60.3 Å². The smallest absolute Gasteiger partial charge is 0.143 e. The molecule has 0 atom stereocenters. The fraction of sp³-hybridized carbons (Fsp3) is 0. The Kier molecular flexibility index (Phi) is 6.54. The number of hydrogen-bond donors (Lipinski definition) is 0. The first-order chi connectivity index (χ1) is 33.4. The van der Waals surface area contributed by atoms with E-state index in [9.17, 15) is 2.74 Å². The third-order valence-corrected chi connectivity index (χ3v) is 13.0. The van der Waals surface area contributed by atoms with Crippen molar-refractivity contribution in [3.8, 4) is 39.6 Å². The average molecular weight is 821 g/mol. The van der Waals surface area contributed by atoms with Gasteiger partial charge in [-0.1, -0.05) is 158 Å². The minimum Gasteiger partial charge on any atom is -0.455 e. The molecule has 0 N–H and O–H groups in total. The van der Waals surface area contributed by atoms with Crippen LogP contribution < -0.4 is 0 Å². The molecule has 64 heavy (non-hydrogen) atoms. The summed E-state index contributed by atoms with van der Waals surface area (Å²) in [6.45, 7) is 0. The normalized spacial score (nSPS) is 12.9. The van der Waals surface area contributed by atoms with Crippen molar-refractivity contribution in [2.24, 2.45) is 0 Å².